The molecule has 4 rings (SSSR count). The van der Waals surface area contributed by atoms with E-state index in [1.165, 1.54) is 32.1 Å². The molecule has 2 nitrogen and oxygen atoms in total. The van der Waals surface area contributed by atoms with Crippen molar-refractivity contribution in [2.45, 2.75) is 4.90 Å². The molecule has 23 heavy (non-hydrogen) atoms. The van der Waals surface area contributed by atoms with E-state index in [9.17, 15) is 0 Å². The Bertz CT molecular complexity index is 905. The van der Waals surface area contributed by atoms with Crippen LogP contribution in [-0.2, 0) is 7.05 Å². The van der Waals surface area contributed by atoms with Gasteiger partial charge in [-0.05, 0) is 29.8 Å². The van der Waals surface area contributed by atoms with Gasteiger partial charge in [0.1, 0.15) is 7.05 Å². The summed E-state index contributed by atoms with van der Waals surface area (Å²) in [5.41, 5.74) is 3.79. The van der Waals surface area contributed by atoms with E-state index in [2.05, 4.69) is 90.4 Å². The highest BCUT2D eigenvalue weighted by atomic mass is 35.5. The van der Waals surface area contributed by atoms with Gasteiger partial charge in [-0.2, -0.15) is 0 Å². The van der Waals surface area contributed by atoms with Crippen LogP contribution < -0.4 is 21.9 Å². The molecule has 1 aromatic heterocycles. The summed E-state index contributed by atoms with van der Waals surface area (Å²) in [4.78, 5) is 3.59. The first kappa shape index (κ1) is 15.9. The van der Waals surface area contributed by atoms with Crippen LogP contribution in [0, 0.1) is 0 Å². The number of aromatic nitrogens is 1. The second-order valence-electron chi connectivity index (χ2n) is 5.51. The van der Waals surface area contributed by atoms with Crippen LogP contribution in [0.5, 0.6) is 0 Å². The quantitative estimate of drug-likeness (QED) is 0.615. The summed E-state index contributed by atoms with van der Waals surface area (Å²) in [7, 11) is 4.22. The molecule has 0 bridgehead atoms. The number of para-hydroxylation sites is 2. The molecule has 4 heteroatoms. The molecule has 0 N–H and O–H groups in total. The molecule has 0 unspecified atom stereocenters. The van der Waals surface area contributed by atoms with Gasteiger partial charge < -0.3 is 17.3 Å². The Labute approximate surface area is 146 Å². The summed E-state index contributed by atoms with van der Waals surface area (Å²) in [5, 5.41) is 2.55. The number of fused-ring (bicyclic) bond motifs is 2. The fraction of sp³-hybridized carbons (Fsp3) is 0.105. The summed E-state index contributed by atoms with van der Waals surface area (Å²) in [6, 6.07) is 19.3. The third-order valence-corrected chi connectivity index (χ3v) is 5.29. The number of hydrogen-bond acceptors (Lipinski definition) is 2. The monoisotopic (exact) mass is 340 g/mol. The zero-order valence-electron chi connectivity index (χ0n) is 13.0. The number of pyridine rings is 1. The third kappa shape index (κ3) is 2.71. The molecule has 116 valence electrons. The van der Waals surface area contributed by atoms with E-state index >= 15 is 0 Å². The van der Waals surface area contributed by atoms with Crippen molar-refractivity contribution in [3.8, 4) is 0 Å². The maximum Gasteiger partial charge on any atom is 0.212 e. The van der Waals surface area contributed by atoms with Gasteiger partial charge in [-0.3, -0.25) is 0 Å². The Morgan fingerprint density at radius 2 is 1.74 bits per heavy atom. The van der Waals surface area contributed by atoms with Gasteiger partial charge in [0, 0.05) is 24.1 Å². The molecule has 0 saturated heterocycles. The van der Waals surface area contributed by atoms with E-state index < -0.39 is 0 Å². The lowest BCUT2D eigenvalue weighted by Gasteiger charge is -2.13. The first-order valence-electron chi connectivity index (χ1n) is 7.34. The predicted molar refractivity (Wildman–Crippen MR) is 93.8 cm³/mol. The zero-order valence-corrected chi connectivity index (χ0v) is 14.6. The van der Waals surface area contributed by atoms with Crippen molar-refractivity contribution in [1.82, 2.24) is 0 Å². The van der Waals surface area contributed by atoms with Gasteiger partial charge in [0.15, 0.2) is 6.20 Å². The molecule has 0 amide bonds. The summed E-state index contributed by atoms with van der Waals surface area (Å²) in [5.74, 6) is 0. The van der Waals surface area contributed by atoms with Crippen molar-refractivity contribution >= 4 is 34.4 Å². The lowest BCUT2D eigenvalue weighted by molar-refractivity contribution is -0.644. The number of aryl methyl sites for hydroxylation is 1. The van der Waals surface area contributed by atoms with Gasteiger partial charge in [-0.25, -0.2) is 4.57 Å². The van der Waals surface area contributed by atoms with Crippen LogP contribution >= 0.6 is 11.8 Å². The molecular formula is C19H17ClN2S. The average Bonchev–Trinajstić information content (AvgIpc) is 2.87. The first-order valence-corrected chi connectivity index (χ1v) is 8.15. The van der Waals surface area contributed by atoms with Crippen LogP contribution in [0.1, 0.15) is 5.56 Å². The van der Waals surface area contributed by atoms with Crippen LogP contribution in [0.15, 0.2) is 70.7 Å². The van der Waals surface area contributed by atoms with Crippen molar-refractivity contribution in [2.24, 2.45) is 7.05 Å². The Balaban J connectivity index is 0.00000156. The maximum atomic E-state index is 2.28. The van der Waals surface area contributed by atoms with Crippen molar-refractivity contribution in [3.05, 3.63) is 71.4 Å². The van der Waals surface area contributed by atoms with Crippen molar-refractivity contribution in [2.75, 3.05) is 11.9 Å². The van der Waals surface area contributed by atoms with E-state index in [-0.39, 0.29) is 12.4 Å². The molecular weight excluding hydrogens is 324 g/mol. The van der Waals surface area contributed by atoms with Crippen molar-refractivity contribution in [3.63, 3.8) is 0 Å². The molecule has 0 spiro atoms. The highest BCUT2D eigenvalue weighted by molar-refractivity contribution is 8.03. The van der Waals surface area contributed by atoms with Crippen LogP contribution in [0.4, 0.5) is 5.69 Å². The fourth-order valence-electron chi connectivity index (χ4n) is 2.89. The molecule has 0 fully saturated rings. The van der Waals surface area contributed by atoms with E-state index in [1.54, 1.807) is 0 Å². The standard InChI is InChI=1S/C19H17N2S.ClH/c1-20-12-11-14(15-7-3-4-8-16(15)20)13-19-21(2)17-9-5-6-10-18(17)22-19;/h3-13H,1-2H3;1H/q+1;/p-1. The van der Waals surface area contributed by atoms with Crippen LogP contribution in [0.3, 0.4) is 0 Å². The summed E-state index contributed by atoms with van der Waals surface area (Å²) < 4.78 is 2.16. The number of halogens is 1. The Morgan fingerprint density at radius 1 is 1.00 bits per heavy atom. The Morgan fingerprint density at radius 3 is 2.57 bits per heavy atom. The smallest absolute Gasteiger partial charge is 0.212 e. The molecule has 0 saturated carbocycles. The minimum atomic E-state index is 0. The average molecular weight is 341 g/mol. The highest BCUT2D eigenvalue weighted by Gasteiger charge is 2.21. The van der Waals surface area contributed by atoms with Crippen molar-refractivity contribution in [1.29, 1.82) is 0 Å². The Hall–Kier alpha value is -1.97. The molecule has 0 radical (unpaired) electrons. The minimum Gasteiger partial charge on any atom is -1.00 e. The maximum absolute atomic E-state index is 2.28. The normalized spacial score (nSPS) is 14.9. The van der Waals surface area contributed by atoms with E-state index in [4.69, 9.17) is 0 Å². The first-order chi connectivity index (χ1) is 10.7. The van der Waals surface area contributed by atoms with Gasteiger partial charge in [0.25, 0.3) is 0 Å². The highest BCUT2D eigenvalue weighted by Crippen LogP contribution is 2.45. The number of thioether (sulfide) groups is 1. The number of hydrogen-bond donors (Lipinski definition) is 0. The minimum absolute atomic E-state index is 0. The molecule has 1 aliphatic heterocycles. The zero-order chi connectivity index (χ0) is 15.1. The summed E-state index contributed by atoms with van der Waals surface area (Å²) >= 11 is 1.83. The molecule has 2 aromatic carbocycles. The Kier molecular flexibility index (Phi) is 4.33. The molecule has 0 aliphatic carbocycles. The largest absolute Gasteiger partial charge is 1.00 e. The van der Waals surface area contributed by atoms with Crippen LogP contribution in [0.25, 0.3) is 17.0 Å². The number of anilines is 1. The predicted octanol–water partition coefficient (Wildman–Crippen LogP) is 1.21. The lowest BCUT2D eigenvalue weighted by Crippen LogP contribution is -3.00. The molecule has 1 aliphatic rings. The van der Waals surface area contributed by atoms with Crippen LogP contribution in [-0.4, -0.2) is 7.05 Å². The van der Waals surface area contributed by atoms with Gasteiger partial charge in [-0.15, -0.1) is 0 Å². The second-order valence-corrected chi connectivity index (χ2v) is 6.57. The van der Waals surface area contributed by atoms with E-state index in [1.807, 2.05) is 11.8 Å². The number of nitrogens with zero attached hydrogens (tertiary/aromatic N) is 2. The van der Waals surface area contributed by atoms with Crippen LogP contribution in [0.2, 0.25) is 0 Å². The SMILES string of the molecule is CN1/C(=C/c2cc[n+](C)c3ccccc23)Sc2ccccc21.[Cl-]. The topological polar surface area (TPSA) is 7.12 Å². The molecule has 2 heterocycles. The molecule has 3 aromatic rings. The third-order valence-electron chi connectivity index (χ3n) is 4.12. The van der Waals surface area contributed by atoms with Gasteiger partial charge in [0.2, 0.25) is 5.52 Å². The van der Waals surface area contributed by atoms with Gasteiger partial charge >= 0.3 is 0 Å². The molecule has 0 atom stereocenters. The number of benzene rings is 2. The summed E-state index contributed by atoms with van der Waals surface area (Å²) in [6.45, 7) is 0. The van der Waals surface area contributed by atoms with E-state index in [0.717, 1.165) is 0 Å². The van der Waals surface area contributed by atoms with E-state index in [0.29, 0.717) is 0 Å². The number of rotatable bonds is 1. The van der Waals surface area contributed by atoms with Gasteiger partial charge in [-0.1, -0.05) is 36.0 Å². The van der Waals surface area contributed by atoms with Gasteiger partial charge in [0.05, 0.1) is 16.1 Å². The fourth-order valence-corrected chi connectivity index (χ4v) is 4.00. The van der Waals surface area contributed by atoms with Crippen molar-refractivity contribution < 1.29 is 17.0 Å². The lowest BCUT2D eigenvalue weighted by atomic mass is 10.1. The summed E-state index contributed by atoms with van der Waals surface area (Å²) in [6.07, 6.45) is 4.41. The second kappa shape index (κ2) is 6.26.